The Morgan fingerprint density at radius 2 is 1.85 bits per heavy atom. The summed E-state index contributed by atoms with van der Waals surface area (Å²) in [6, 6.07) is 7.33. The lowest BCUT2D eigenvalue weighted by atomic mass is 10.0. The number of carboxylic acid groups (broad SMARTS) is 1. The number of hydrogen-bond donors (Lipinski definition) is 1. The SMILES string of the molecule is CCCCC1CN(C(=O)OC(C)(C)C)CCN1Cc1ccc(C(=O)O)cc1. The molecule has 0 radical (unpaired) electrons. The molecule has 1 atom stereocenters. The molecule has 0 spiro atoms. The summed E-state index contributed by atoms with van der Waals surface area (Å²) in [5, 5.41) is 9.04. The molecule has 1 fully saturated rings. The molecule has 2 rings (SSSR count). The number of carbonyl (C=O) groups is 2. The van der Waals surface area contributed by atoms with E-state index in [1.54, 1.807) is 12.1 Å². The van der Waals surface area contributed by atoms with Crippen molar-refractivity contribution < 1.29 is 19.4 Å². The summed E-state index contributed by atoms with van der Waals surface area (Å²) in [6.07, 6.45) is 3.02. The molecule has 1 unspecified atom stereocenters. The van der Waals surface area contributed by atoms with Gasteiger partial charge >= 0.3 is 12.1 Å². The molecule has 1 amide bonds. The van der Waals surface area contributed by atoms with Crippen LogP contribution in [0.5, 0.6) is 0 Å². The number of hydrogen-bond acceptors (Lipinski definition) is 4. The van der Waals surface area contributed by atoms with Gasteiger partial charge in [0, 0.05) is 32.2 Å². The predicted molar refractivity (Wildman–Crippen MR) is 105 cm³/mol. The highest BCUT2D eigenvalue weighted by Gasteiger charge is 2.31. The van der Waals surface area contributed by atoms with Crippen LogP contribution in [0.4, 0.5) is 4.79 Å². The van der Waals surface area contributed by atoms with Crippen LogP contribution in [0.15, 0.2) is 24.3 Å². The molecule has 6 nitrogen and oxygen atoms in total. The van der Waals surface area contributed by atoms with Crippen LogP contribution in [0.2, 0.25) is 0 Å². The number of carboxylic acids is 1. The Morgan fingerprint density at radius 1 is 1.19 bits per heavy atom. The Morgan fingerprint density at radius 3 is 2.41 bits per heavy atom. The maximum atomic E-state index is 12.4. The number of ether oxygens (including phenoxy) is 1. The number of piperazine rings is 1. The van der Waals surface area contributed by atoms with Crippen LogP contribution in [0.3, 0.4) is 0 Å². The summed E-state index contributed by atoms with van der Waals surface area (Å²) < 4.78 is 5.53. The zero-order chi connectivity index (χ0) is 20.0. The second-order valence-corrected chi connectivity index (χ2v) is 8.19. The summed E-state index contributed by atoms with van der Waals surface area (Å²) in [7, 11) is 0. The zero-order valence-corrected chi connectivity index (χ0v) is 16.9. The number of unbranched alkanes of at least 4 members (excludes halogenated alkanes) is 1. The summed E-state index contributed by atoms with van der Waals surface area (Å²) in [6.45, 7) is 10.7. The Labute approximate surface area is 162 Å². The van der Waals surface area contributed by atoms with Crippen LogP contribution >= 0.6 is 0 Å². The molecule has 0 saturated carbocycles. The van der Waals surface area contributed by atoms with Gasteiger partial charge in [-0.15, -0.1) is 0 Å². The van der Waals surface area contributed by atoms with Gasteiger partial charge in [-0.25, -0.2) is 9.59 Å². The van der Waals surface area contributed by atoms with Gasteiger partial charge in [0.15, 0.2) is 0 Å². The van der Waals surface area contributed by atoms with Gasteiger partial charge in [-0.2, -0.15) is 0 Å². The fourth-order valence-corrected chi connectivity index (χ4v) is 3.29. The molecule has 1 N–H and O–H groups in total. The molecule has 1 heterocycles. The van der Waals surface area contributed by atoms with E-state index in [1.807, 2.05) is 37.8 Å². The molecule has 1 aliphatic heterocycles. The van der Waals surface area contributed by atoms with E-state index in [9.17, 15) is 9.59 Å². The second kappa shape index (κ2) is 9.22. The van der Waals surface area contributed by atoms with Crippen molar-refractivity contribution in [2.24, 2.45) is 0 Å². The van der Waals surface area contributed by atoms with Gasteiger partial charge in [-0.05, 0) is 44.9 Å². The first-order chi connectivity index (χ1) is 12.7. The third kappa shape index (κ3) is 6.54. The van der Waals surface area contributed by atoms with Gasteiger partial charge < -0.3 is 14.7 Å². The van der Waals surface area contributed by atoms with Gasteiger partial charge in [-0.3, -0.25) is 4.90 Å². The van der Waals surface area contributed by atoms with Gasteiger partial charge in [0.1, 0.15) is 5.60 Å². The summed E-state index contributed by atoms with van der Waals surface area (Å²) in [5.41, 5.74) is 0.905. The summed E-state index contributed by atoms with van der Waals surface area (Å²) in [5.74, 6) is -0.909. The van der Waals surface area contributed by atoms with E-state index in [4.69, 9.17) is 9.84 Å². The van der Waals surface area contributed by atoms with Gasteiger partial charge in [0.2, 0.25) is 0 Å². The minimum absolute atomic E-state index is 0.241. The molecular weight excluding hydrogens is 344 g/mol. The van der Waals surface area contributed by atoms with Crippen LogP contribution < -0.4 is 0 Å². The highest BCUT2D eigenvalue weighted by atomic mass is 16.6. The lowest BCUT2D eigenvalue weighted by molar-refractivity contribution is 0.00103. The van der Waals surface area contributed by atoms with Crippen molar-refractivity contribution in [3.63, 3.8) is 0 Å². The number of nitrogens with zero attached hydrogens (tertiary/aromatic N) is 2. The number of rotatable bonds is 6. The zero-order valence-electron chi connectivity index (χ0n) is 16.9. The van der Waals surface area contributed by atoms with Crippen LogP contribution in [0, 0.1) is 0 Å². The van der Waals surface area contributed by atoms with Crippen molar-refractivity contribution in [3.05, 3.63) is 35.4 Å². The Hall–Kier alpha value is -2.08. The number of amides is 1. The highest BCUT2D eigenvalue weighted by Crippen LogP contribution is 2.21. The molecule has 27 heavy (non-hydrogen) atoms. The van der Waals surface area contributed by atoms with Gasteiger partial charge in [-0.1, -0.05) is 31.9 Å². The maximum Gasteiger partial charge on any atom is 0.410 e. The van der Waals surface area contributed by atoms with Crippen molar-refractivity contribution in [3.8, 4) is 0 Å². The fourth-order valence-electron chi connectivity index (χ4n) is 3.29. The van der Waals surface area contributed by atoms with Crippen molar-refractivity contribution in [1.82, 2.24) is 9.80 Å². The van der Waals surface area contributed by atoms with Crippen LogP contribution in [0.1, 0.15) is 62.9 Å². The molecule has 0 aliphatic carbocycles. The van der Waals surface area contributed by atoms with E-state index in [1.165, 1.54) is 0 Å². The Kier molecular flexibility index (Phi) is 7.25. The maximum absolute atomic E-state index is 12.4. The van der Waals surface area contributed by atoms with Crippen molar-refractivity contribution in [2.75, 3.05) is 19.6 Å². The van der Waals surface area contributed by atoms with E-state index in [0.717, 1.165) is 37.9 Å². The van der Waals surface area contributed by atoms with Crippen molar-refractivity contribution in [1.29, 1.82) is 0 Å². The largest absolute Gasteiger partial charge is 0.478 e. The quantitative estimate of drug-likeness (QED) is 0.813. The molecule has 0 bridgehead atoms. The second-order valence-electron chi connectivity index (χ2n) is 8.19. The van der Waals surface area contributed by atoms with E-state index < -0.39 is 11.6 Å². The van der Waals surface area contributed by atoms with Crippen LogP contribution in [-0.2, 0) is 11.3 Å². The van der Waals surface area contributed by atoms with Crippen molar-refractivity contribution in [2.45, 2.75) is 65.1 Å². The smallest absolute Gasteiger partial charge is 0.410 e. The third-order valence-electron chi connectivity index (χ3n) is 4.73. The van der Waals surface area contributed by atoms with Crippen molar-refractivity contribution >= 4 is 12.1 Å². The molecule has 1 aliphatic rings. The molecule has 1 aromatic carbocycles. The van der Waals surface area contributed by atoms with E-state index in [0.29, 0.717) is 18.7 Å². The number of aromatic carboxylic acids is 1. The molecule has 1 aromatic rings. The van der Waals surface area contributed by atoms with E-state index in [-0.39, 0.29) is 12.1 Å². The summed E-state index contributed by atoms with van der Waals surface area (Å²) in [4.78, 5) is 27.7. The van der Waals surface area contributed by atoms with Gasteiger partial charge in [0.05, 0.1) is 5.56 Å². The molecule has 1 saturated heterocycles. The first-order valence-electron chi connectivity index (χ1n) is 9.74. The standard InChI is InChI=1S/C21H32N2O4/c1-5-6-7-18-15-23(20(26)27-21(2,3)4)13-12-22(18)14-16-8-10-17(11-9-16)19(24)25/h8-11,18H,5-7,12-15H2,1-4H3,(H,24,25). The molecular formula is C21H32N2O4. The van der Waals surface area contributed by atoms with E-state index >= 15 is 0 Å². The first kappa shape index (κ1) is 21.2. The Bertz CT molecular complexity index is 637. The van der Waals surface area contributed by atoms with E-state index in [2.05, 4.69) is 11.8 Å². The minimum atomic E-state index is -0.909. The molecule has 150 valence electrons. The lowest BCUT2D eigenvalue weighted by Crippen LogP contribution is -2.55. The predicted octanol–water partition coefficient (Wildman–Crippen LogP) is 4.00. The first-order valence-corrected chi connectivity index (χ1v) is 9.74. The minimum Gasteiger partial charge on any atom is -0.478 e. The topological polar surface area (TPSA) is 70.1 Å². The third-order valence-corrected chi connectivity index (χ3v) is 4.73. The number of benzene rings is 1. The Balaban J connectivity index is 2.03. The molecule has 6 heteroatoms. The van der Waals surface area contributed by atoms with Gasteiger partial charge in [0.25, 0.3) is 0 Å². The molecule has 0 aromatic heterocycles. The van der Waals surface area contributed by atoms with Crippen LogP contribution in [-0.4, -0.2) is 58.2 Å². The highest BCUT2D eigenvalue weighted by molar-refractivity contribution is 5.87. The summed E-state index contributed by atoms with van der Waals surface area (Å²) >= 11 is 0. The monoisotopic (exact) mass is 376 g/mol. The average molecular weight is 376 g/mol. The normalized spacial score (nSPS) is 18.4. The van der Waals surface area contributed by atoms with Crippen LogP contribution in [0.25, 0.3) is 0 Å². The fraction of sp³-hybridized carbons (Fsp3) is 0.619. The average Bonchev–Trinajstić information content (AvgIpc) is 2.59. The number of carbonyl (C=O) groups excluding carboxylic acids is 1. The lowest BCUT2D eigenvalue weighted by Gasteiger charge is -2.42.